The number of para-hydroxylation sites is 1. The van der Waals surface area contributed by atoms with Crippen LogP contribution in [0.4, 0.5) is 34.8 Å². The quantitative estimate of drug-likeness (QED) is 0.654. The van der Waals surface area contributed by atoms with Crippen molar-refractivity contribution in [3.8, 4) is 0 Å². The van der Waals surface area contributed by atoms with Crippen LogP contribution in [0.3, 0.4) is 0 Å². The second-order valence-electron chi connectivity index (χ2n) is 5.67. The first-order valence-electron chi connectivity index (χ1n) is 7.78. The van der Waals surface area contributed by atoms with Crippen molar-refractivity contribution >= 4 is 23.1 Å². The first kappa shape index (κ1) is 18.4. The number of alkyl halides is 3. The zero-order valence-electron chi connectivity index (χ0n) is 14.0. The molecule has 1 heterocycles. The monoisotopic (exact) mass is 378 g/mol. The number of amides is 1. The molecule has 0 saturated heterocycles. The van der Waals surface area contributed by atoms with Gasteiger partial charge in [0.1, 0.15) is 11.6 Å². The zero-order valence-corrected chi connectivity index (χ0v) is 14.0. The van der Waals surface area contributed by atoms with Crippen LogP contribution < -0.4 is 10.6 Å². The molecule has 140 valence electrons. The maximum atomic E-state index is 13.3. The Morgan fingerprint density at radius 1 is 1.07 bits per heavy atom. The lowest BCUT2D eigenvalue weighted by molar-refractivity contribution is -0.141. The molecule has 0 fully saturated rings. The average molecular weight is 378 g/mol. The van der Waals surface area contributed by atoms with Crippen molar-refractivity contribution in [1.82, 2.24) is 9.78 Å². The SMILES string of the molecule is Cn1nc(C(F)(F)F)cc1NC(=O)c1ccccc1Nc1cccc(F)c1. The Kier molecular flexibility index (Phi) is 4.85. The van der Waals surface area contributed by atoms with Crippen LogP contribution in [-0.2, 0) is 13.2 Å². The van der Waals surface area contributed by atoms with Gasteiger partial charge >= 0.3 is 6.18 Å². The van der Waals surface area contributed by atoms with Crippen molar-refractivity contribution in [3.63, 3.8) is 0 Å². The van der Waals surface area contributed by atoms with Gasteiger partial charge in [-0.05, 0) is 30.3 Å². The summed E-state index contributed by atoms with van der Waals surface area (Å²) in [4.78, 5) is 12.6. The number of aryl methyl sites for hydroxylation is 1. The molecule has 1 aromatic heterocycles. The topological polar surface area (TPSA) is 59.0 Å². The molecule has 27 heavy (non-hydrogen) atoms. The summed E-state index contributed by atoms with van der Waals surface area (Å²) in [7, 11) is 1.29. The zero-order chi connectivity index (χ0) is 19.6. The van der Waals surface area contributed by atoms with E-state index >= 15 is 0 Å². The maximum absolute atomic E-state index is 13.3. The fourth-order valence-electron chi connectivity index (χ4n) is 2.42. The van der Waals surface area contributed by atoms with Gasteiger partial charge in [-0.1, -0.05) is 18.2 Å². The Hall–Kier alpha value is -3.36. The van der Waals surface area contributed by atoms with E-state index in [-0.39, 0.29) is 11.4 Å². The third-order valence-electron chi connectivity index (χ3n) is 3.69. The van der Waals surface area contributed by atoms with Crippen LogP contribution in [0.1, 0.15) is 16.1 Å². The van der Waals surface area contributed by atoms with Crippen molar-refractivity contribution in [3.05, 3.63) is 71.7 Å². The van der Waals surface area contributed by atoms with E-state index in [2.05, 4.69) is 15.7 Å². The van der Waals surface area contributed by atoms with Crippen LogP contribution in [-0.4, -0.2) is 15.7 Å². The van der Waals surface area contributed by atoms with E-state index in [1.54, 1.807) is 24.3 Å². The van der Waals surface area contributed by atoms with E-state index in [0.717, 1.165) is 10.7 Å². The van der Waals surface area contributed by atoms with Crippen molar-refractivity contribution in [2.75, 3.05) is 10.6 Å². The normalized spacial score (nSPS) is 11.3. The van der Waals surface area contributed by atoms with E-state index in [4.69, 9.17) is 0 Å². The fraction of sp³-hybridized carbons (Fsp3) is 0.111. The number of rotatable bonds is 4. The van der Waals surface area contributed by atoms with E-state index in [1.165, 1.54) is 31.3 Å². The number of anilines is 3. The average Bonchev–Trinajstić information content (AvgIpc) is 2.96. The number of carbonyl (C=O) groups excluding carboxylic acids is 1. The highest BCUT2D eigenvalue weighted by Crippen LogP contribution is 2.30. The molecule has 0 aliphatic rings. The molecule has 0 radical (unpaired) electrons. The Bertz CT molecular complexity index is 981. The number of aromatic nitrogens is 2. The minimum Gasteiger partial charge on any atom is -0.355 e. The molecule has 0 unspecified atom stereocenters. The van der Waals surface area contributed by atoms with Crippen LogP contribution in [0.5, 0.6) is 0 Å². The van der Waals surface area contributed by atoms with Crippen LogP contribution >= 0.6 is 0 Å². The summed E-state index contributed by atoms with van der Waals surface area (Å²) in [5.74, 6) is -1.18. The second-order valence-corrected chi connectivity index (χ2v) is 5.67. The highest BCUT2D eigenvalue weighted by Gasteiger charge is 2.34. The standard InChI is InChI=1S/C18H14F4N4O/c1-26-16(10-15(25-26)18(20,21)22)24-17(27)13-7-2-3-8-14(13)23-12-6-4-5-11(19)9-12/h2-10,23H,1H3,(H,24,27). The van der Waals surface area contributed by atoms with Gasteiger partial charge in [0.25, 0.3) is 5.91 Å². The number of nitrogens with one attached hydrogen (secondary N) is 2. The number of halogens is 4. The van der Waals surface area contributed by atoms with Crippen molar-refractivity contribution < 1.29 is 22.4 Å². The number of carbonyl (C=O) groups is 1. The molecule has 0 aliphatic carbocycles. The summed E-state index contributed by atoms with van der Waals surface area (Å²) in [6.07, 6.45) is -4.61. The molecular weight excluding hydrogens is 364 g/mol. The Morgan fingerprint density at radius 2 is 1.81 bits per heavy atom. The third kappa shape index (κ3) is 4.25. The van der Waals surface area contributed by atoms with Gasteiger partial charge in [0.2, 0.25) is 0 Å². The highest BCUT2D eigenvalue weighted by molar-refractivity contribution is 6.08. The predicted molar refractivity (Wildman–Crippen MR) is 92.3 cm³/mol. The van der Waals surface area contributed by atoms with E-state index < -0.39 is 23.6 Å². The Balaban J connectivity index is 1.85. The molecule has 3 aromatic rings. The molecule has 0 aliphatic heterocycles. The lowest BCUT2D eigenvalue weighted by Crippen LogP contribution is -2.16. The van der Waals surface area contributed by atoms with Crippen LogP contribution in [0.25, 0.3) is 0 Å². The molecule has 3 rings (SSSR count). The largest absolute Gasteiger partial charge is 0.435 e. The molecule has 0 spiro atoms. The molecule has 0 atom stereocenters. The summed E-state index contributed by atoms with van der Waals surface area (Å²) in [6, 6.07) is 12.8. The number of nitrogens with zero attached hydrogens (tertiary/aromatic N) is 2. The maximum Gasteiger partial charge on any atom is 0.435 e. The number of benzene rings is 2. The second kappa shape index (κ2) is 7.10. The van der Waals surface area contributed by atoms with Gasteiger partial charge in [-0.25, -0.2) is 4.39 Å². The van der Waals surface area contributed by atoms with Crippen LogP contribution in [0, 0.1) is 5.82 Å². The van der Waals surface area contributed by atoms with Gasteiger partial charge in [-0.3, -0.25) is 9.48 Å². The molecule has 0 saturated carbocycles. The van der Waals surface area contributed by atoms with Gasteiger partial charge in [0.05, 0.1) is 11.3 Å². The van der Waals surface area contributed by atoms with E-state index in [1.807, 2.05) is 0 Å². The summed E-state index contributed by atoms with van der Waals surface area (Å²) >= 11 is 0. The van der Waals surface area contributed by atoms with Gasteiger partial charge < -0.3 is 10.6 Å². The summed E-state index contributed by atoms with van der Waals surface area (Å²) in [5.41, 5.74) is -0.128. The van der Waals surface area contributed by atoms with Crippen molar-refractivity contribution in [1.29, 1.82) is 0 Å². The van der Waals surface area contributed by atoms with Crippen LogP contribution in [0.2, 0.25) is 0 Å². The summed E-state index contributed by atoms with van der Waals surface area (Å²) < 4.78 is 52.5. The van der Waals surface area contributed by atoms with Gasteiger partial charge in [0, 0.05) is 18.8 Å². The summed E-state index contributed by atoms with van der Waals surface area (Å²) in [6.45, 7) is 0. The van der Waals surface area contributed by atoms with Crippen molar-refractivity contribution in [2.45, 2.75) is 6.18 Å². The molecule has 5 nitrogen and oxygen atoms in total. The number of hydrogen-bond acceptors (Lipinski definition) is 3. The highest BCUT2D eigenvalue weighted by atomic mass is 19.4. The van der Waals surface area contributed by atoms with E-state index in [0.29, 0.717) is 11.4 Å². The summed E-state index contributed by atoms with van der Waals surface area (Å²) in [5, 5.41) is 8.67. The first-order chi connectivity index (χ1) is 12.7. The number of hydrogen-bond donors (Lipinski definition) is 2. The third-order valence-corrected chi connectivity index (χ3v) is 3.69. The molecular formula is C18H14F4N4O. The molecule has 2 N–H and O–H groups in total. The minimum atomic E-state index is -4.61. The van der Waals surface area contributed by atoms with Gasteiger partial charge in [0.15, 0.2) is 5.69 Å². The van der Waals surface area contributed by atoms with E-state index in [9.17, 15) is 22.4 Å². The molecule has 2 aromatic carbocycles. The van der Waals surface area contributed by atoms with Crippen molar-refractivity contribution in [2.24, 2.45) is 7.05 Å². The molecule has 1 amide bonds. The van der Waals surface area contributed by atoms with Crippen LogP contribution in [0.15, 0.2) is 54.6 Å². The molecule has 9 heteroatoms. The Labute approximate surface area is 151 Å². The lowest BCUT2D eigenvalue weighted by atomic mass is 10.1. The van der Waals surface area contributed by atoms with Gasteiger partial charge in [-0.15, -0.1) is 0 Å². The first-order valence-corrected chi connectivity index (χ1v) is 7.78. The smallest absolute Gasteiger partial charge is 0.355 e. The van der Waals surface area contributed by atoms with Gasteiger partial charge in [-0.2, -0.15) is 18.3 Å². The fourth-order valence-corrected chi connectivity index (χ4v) is 2.42. The lowest BCUT2D eigenvalue weighted by Gasteiger charge is -2.12. The molecule has 0 bridgehead atoms. The Morgan fingerprint density at radius 3 is 2.48 bits per heavy atom. The predicted octanol–water partition coefficient (Wildman–Crippen LogP) is 4.57. The minimum absolute atomic E-state index is 0.104.